The van der Waals surface area contributed by atoms with Gasteiger partial charge in [0.25, 0.3) is 0 Å². The van der Waals surface area contributed by atoms with Crippen LogP contribution < -0.4 is 10.1 Å². The van der Waals surface area contributed by atoms with Crippen LogP contribution in [-0.4, -0.2) is 12.0 Å². The lowest BCUT2D eigenvalue weighted by Gasteiger charge is -2.09. The van der Waals surface area contributed by atoms with Gasteiger partial charge in [-0.15, -0.1) is 11.3 Å². The Kier molecular flexibility index (Phi) is 5.76. The Balaban J connectivity index is 2.09. The molecule has 21 heavy (non-hydrogen) atoms. The molecule has 0 aliphatic carbocycles. The smallest absolute Gasteiger partial charge is 0.140 e. The number of ether oxygens (including phenoxy) is 1. The minimum atomic E-state index is 0.551. The fourth-order valence-electron chi connectivity index (χ4n) is 2.25. The molecule has 1 aromatic carbocycles. The molecule has 2 rings (SSSR count). The minimum absolute atomic E-state index is 0.551. The van der Waals surface area contributed by atoms with E-state index in [1.165, 1.54) is 21.7 Å². The van der Waals surface area contributed by atoms with Gasteiger partial charge in [-0.1, -0.05) is 25.5 Å². The van der Waals surface area contributed by atoms with Crippen LogP contribution in [0.15, 0.2) is 18.2 Å². The van der Waals surface area contributed by atoms with Crippen molar-refractivity contribution in [3.63, 3.8) is 0 Å². The quantitative estimate of drug-likeness (QED) is 0.839. The molecule has 0 radical (unpaired) electrons. The first kappa shape index (κ1) is 16.0. The lowest BCUT2D eigenvalue weighted by atomic mass is 10.1. The third-order valence-electron chi connectivity index (χ3n) is 3.55. The van der Waals surface area contributed by atoms with Crippen molar-refractivity contribution in [2.75, 3.05) is 7.05 Å². The van der Waals surface area contributed by atoms with E-state index in [1.807, 2.05) is 19.2 Å². The monoisotopic (exact) mass is 304 g/mol. The number of nitrogens with zero attached hydrogens (tertiary/aromatic N) is 1. The zero-order valence-corrected chi connectivity index (χ0v) is 14.1. The van der Waals surface area contributed by atoms with Crippen LogP contribution in [0.25, 0.3) is 0 Å². The van der Waals surface area contributed by atoms with Crippen LogP contribution in [0.5, 0.6) is 5.75 Å². The first-order valence-electron chi connectivity index (χ1n) is 7.46. The van der Waals surface area contributed by atoms with Gasteiger partial charge in [0.1, 0.15) is 17.4 Å². The Morgan fingerprint density at radius 3 is 2.81 bits per heavy atom. The van der Waals surface area contributed by atoms with E-state index >= 15 is 0 Å². The lowest BCUT2D eigenvalue weighted by Crippen LogP contribution is -2.05. The number of thiazole rings is 1. The van der Waals surface area contributed by atoms with Crippen molar-refractivity contribution in [3.8, 4) is 5.75 Å². The van der Waals surface area contributed by atoms with Crippen molar-refractivity contribution in [2.45, 2.75) is 46.8 Å². The number of hydrogen-bond donors (Lipinski definition) is 1. The second-order valence-electron chi connectivity index (χ2n) is 5.24. The second kappa shape index (κ2) is 7.57. The number of rotatable bonds is 7. The van der Waals surface area contributed by atoms with Gasteiger partial charge in [-0.25, -0.2) is 4.98 Å². The standard InChI is InChI=1S/C17H24N2OS/c1-5-7-14-16(10-18-4)21-17(19-14)11-20-15-9-6-8-12(2)13(15)3/h6,8-9,18H,5,7,10-11H2,1-4H3. The van der Waals surface area contributed by atoms with E-state index < -0.39 is 0 Å². The van der Waals surface area contributed by atoms with Crippen LogP contribution in [0.2, 0.25) is 0 Å². The predicted molar refractivity (Wildman–Crippen MR) is 89.1 cm³/mol. The molecule has 114 valence electrons. The number of nitrogens with one attached hydrogen (secondary N) is 1. The zero-order chi connectivity index (χ0) is 15.2. The maximum Gasteiger partial charge on any atom is 0.140 e. The van der Waals surface area contributed by atoms with Crippen molar-refractivity contribution in [1.29, 1.82) is 0 Å². The Hall–Kier alpha value is -1.39. The maximum atomic E-state index is 5.96. The molecule has 0 saturated carbocycles. The summed E-state index contributed by atoms with van der Waals surface area (Å²) in [6, 6.07) is 6.17. The molecule has 1 heterocycles. The van der Waals surface area contributed by atoms with E-state index in [-0.39, 0.29) is 0 Å². The molecular formula is C17H24N2OS. The zero-order valence-electron chi connectivity index (χ0n) is 13.3. The number of hydrogen-bond acceptors (Lipinski definition) is 4. The van der Waals surface area contributed by atoms with Crippen LogP contribution in [-0.2, 0) is 19.6 Å². The average molecular weight is 304 g/mol. The summed E-state index contributed by atoms with van der Waals surface area (Å²) in [7, 11) is 1.97. The predicted octanol–water partition coefficient (Wildman–Crippen LogP) is 4.01. The molecule has 0 spiro atoms. The molecule has 0 fully saturated rings. The van der Waals surface area contributed by atoms with Crippen LogP contribution in [0.4, 0.5) is 0 Å². The molecule has 0 aliphatic rings. The van der Waals surface area contributed by atoms with Crippen LogP contribution in [0.1, 0.15) is 40.1 Å². The molecule has 0 aliphatic heterocycles. The molecule has 0 atom stereocenters. The van der Waals surface area contributed by atoms with Gasteiger partial charge in [-0.2, -0.15) is 0 Å². The van der Waals surface area contributed by atoms with Gasteiger partial charge in [0.05, 0.1) is 5.69 Å². The largest absolute Gasteiger partial charge is 0.486 e. The van der Waals surface area contributed by atoms with Crippen LogP contribution in [0.3, 0.4) is 0 Å². The Morgan fingerprint density at radius 2 is 2.10 bits per heavy atom. The van der Waals surface area contributed by atoms with Crippen molar-refractivity contribution in [3.05, 3.63) is 44.9 Å². The first-order valence-corrected chi connectivity index (χ1v) is 8.28. The van der Waals surface area contributed by atoms with Gasteiger partial charge in [0, 0.05) is 11.4 Å². The van der Waals surface area contributed by atoms with E-state index in [4.69, 9.17) is 9.72 Å². The van der Waals surface area contributed by atoms with Crippen LogP contribution in [0, 0.1) is 13.8 Å². The third-order valence-corrected chi connectivity index (χ3v) is 4.62. The van der Waals surface area contributed by atoms with Gasteiger partial charge >= 0.3 is 0 Å². The van der Waals surface area contributed by atoms with E-state index in [0.717, 1.165) is 30.1 Å². The molecule has 0 unspecified atom stereocenters. The molecule has 0 saturated heterocycles. The maximum absolute atomic E-state index is 5.96. The molecule has 1 aromatic heterocycles. The van der Waals surface area contributed by atoms with Crippen LogP contribution >= 0.6 is 11.3 Å². The van der Waals surface area contributed by atoms with E-state index in [1.54, 1.807) is 11.3 Å². The van der Waals surface area contributed by atoms with E-state index in [0.29, 0.717) is 6.61 Å². The SMILES string of the molecule is CCCc1nc(COc2cccc(C)c2C)sc1CNC. The summed E-state index contributed by atoms with van der Waals surface area (Å²) < 4.78 is 5.96. The fraction of sp³-hybridized carbons (Fsp3) is 0.471. The normalized spacial score (nSPS) is 10.9. The van der Waals surface area contributed by atoms with Gasteiger partial charge < -0.3 is 10.1 Å². The first-order chi connectivity index (χ1) is 10.2. The Bertz CT molecular complexity index is 569. The van der Waals surface area contributed by atoms with E-state index in [9.17, 15) is 0 Å². The highest BCUT2D eigenvalue weighted by Crippen LogP contribution is 2.24. The highest BCUT2D eigenvalue weighted by Gasteiger charge is 2.11. The Labute approximate surface area is 131 Å². The van der Waals surface area contributed by atoms with Crippen molar-refractivity contribution < 1.29 is 4.74 Å². The van der Waals surface area contributed by atoms with Crippen molar-refractivity contribution >= 4 is 11.3 Å². The Morgan fingerprint density at radius 1 is 1.29 bits per heavy atom. The van der Waals surface area contributed by atoms with Crippen molar-refractivity contribution in [1.82, 2.24) is 10.3 Å². The molecule has 2 aromatic rings. The number of benzene rings is 1. The molecule has 0 bridgehead atoms. The molecule has 0 amide bonds. The summed E-state index contributed by atoms with van der Waals surface area (Å²) in [6.07, 6.45) is 2.16. The van der Waals surface area contributed by atoms with Gasteiger partial charge in [0.15, 0.2) is 0 Å². The second-order valence-corrected chi connectivity index (χ2v) is 6.41. The number of aromatic nitrogens is 1. The lowest BCUT2D eigenvalue weighted by molar-refractivity contribution is 0.303. The summed E-state index contributed by atoms with van der Waals surface area (Å²) >= 11 is 1.75. The summed E-state index contributed by atoms with van der Waals surface area (Å²) in [4.78, 5) is 6.07. The fourth-order valence-corrected chi connectivity index (χ4v) is 3.29. The summed E-state index contributed by atoms with van der Waals surface area (Å²) in [5.74, 6) is 0.956. The molecular weight excluding hydrogens is 280 g/mol. The van der Waals surface area contributed by atoms with Gasteiger partial charge in [0.2, 0.25) is 0 Å². The summed E-state index contributed by atoms with van der Waals surface area (Å²) in [6.45, 7) is 7.83. The highest BCUT2D eigenvalue weighted by atomic mass is 32.1. The molecule has 3 nitrogen and oxygen atoms in total. The average Bonchev–Trinajstić information content (AvgIpc) is 2.84. The minimum Gasteiger partial charge on any atom is -0.486 e. The summed E-state index contributed by atoms with van der Waals surface area (Å²) in [5, 5.41) is 4.28. The van der Waals surface area contributed by atoms with Gasteiger partial charge in [-0.3, -0.25) is 0 Å². The highest BCUT2D eigenvalue weighted by molar-refractivity contribution is 7.11. The van der Waals surface area contributed by atoms with E-state index in [2.05, 4.69) is 32.2 Å². The van der Waals surface area contributed by atoms with Gasteiger partial charge in [-0.05, 0) is 44.5 Å². The molecule has 1 N–H and O–H groups in total. The molecule has 4 heteroatoms. The number of aryl methyl sites for hydroxylation is 2. The summed E-state index contributed by atoms with van der Waals surface area (Å²) in [5.41, 5.74) is 3.68. The third kappa shape index (κ3) is 4.05. The van der Waals surface area contributed by atoms with Crippen molar-refractivity contribution in [2.24, 2.45) is 0 Å². The topological polar surface area (TPSA) is 34.1 Å².